The molecule has 0 radical (unpaired) electrons. The largest absolute Gasteiger partial charge is 0.480 e. The van der Waals surface area contributed by atoms with Crippen molar-refractivity contribution in [1.29, 1.82) is 0 Å². The highest BCUT2D eigenvalue weighted by Crippen LogP contribution is 2.21. The van der Waals surface area contributed by atoms with Crippen LogP contribution in [0.5, 0.6) is 0 Å². The average Bonchev–Trinajstić information content (AvgIpc) is 1.99. The fourth-order valence-electron chi connectivity index (χ4n) is 1.23. The molecule has 0 saturated carbocycles. The van der Waals surface area contributed by atoms with Crippen LogP contribution in [0.3, 0.4) is 0 Å². The fraction of sp³-hybridized carbons (Fsp3) is 0.909. The highest BCUT2D eigenvalue weighted by molar-refractivity contribution is 5.72. The third-order valence-corrected chi connectivity index (χ3v) is 2.23. The molecule has 1 unspecified atom stereocenters. The van der Waals surface area contributed by atoms with Gasteiger partial charge < -0.3 is 10.4 Å². The van der Waals surface area contributed by atoms with Crippen molar-refractivity contribution in [3.63, 3.8) is 0 Å². The summed E-state index contributed by atoms with van der Waals surface area (Å²) >= 11 is 0. The third kappa shape index (κ3) is 6.89. The standard InChI is InChI=1S/C11H23NO2/c1-8(6-7-11(3,4)5)12-9(2)10(13)14/h8-9,12H,6-7H2,1-5H3,(H,13,14)/t8?,9-/m1/s1. The second-order valence-corrected chi connectivity index (χ2v) is 5.23. The molecule has 0 aromatic heterocycles. The van der Waals surface area contributed by atoms with Crippen molar-refractivity contribution in [2.75, 3.05) is 0 Å². The summed E-state index contributed by atoms with van der Waals surface area (Å²) in [6, 6.07) is -0.190. The van der Waals surface area contributed by atoms with E-state index < -0.39 is 12.0 Å². The lowest BCUT2D eigenvalue weighted by Crippen LogP contribution is -2.40. The van der Waals surface area contributed by atoms with Gasteiger partial charge in [-0.25, -0.2) is 0 Å². The van der Waals surface area contributed by atoms with Crippen molar-refractivity contribution >= 4 is 5.97 Å². The van der Waals surface area contributed by atoms with Crippen LogP contribution in [0.4, 0.5) is 0 Å². The van der Waals surface area contributed by atoms with Gasteiger partial charge in [0, 0.05) is 6.04 Å². The first-order chi connectivity index (χ1) is 6.22. The number of hydrogen-bond donors (Lipinski definition) is 2. The lowest BCUT2D eigenvalue weighted by Gasteiger charge is -2.22. The van der Waals surface area contributed by atoms with Crippen LogP contribution in [0.2, 0.25) is 0 Å². The van der Waals surface area contributed by atoms with Crippen molar-refractivity contribution in [3.8, 4) is 0 Å². The van der Waals surface area contributed by atoms with Crippen LogP contribution in [0.15, 0.2) is 0 Å². The van der Waals surface area contributed by atoms with E-state index in [1.54, 1.807) is 6.92 Å². The van der Waals surface area contributed by atoms with E-state index in [1.165, 1.54) is 0 Å². The van der Waals surface area contributed by atoms with Gasteiger partial charge in [0.15, 0.2) is 0 Å². The number of hydrogen-bond acceptors (Lipinski definition) is 2. The molecule has 0 amide bonds. The highest BCUT2D eigenvalue weighted by Gasteiger charge is 2.16. The van der Waals surface area contributed by atoms with E-state index in [-0.39, 0.29) is 6.04 Å². The molecule has 3 heteroatoms. The normalized spacial score (nSPS) is 16.4. The Morgan fingerprint density at radius 3 is 2.21 bits per heavy atom. The molecular weight excluding hydrogens is 178 g/mol. The molecule has 0 aromatic rings. The topological polar surface area (TPSA) is 49.3 Å². The molecule has 14 heavy (non-hydrogen) atoms. The molecule has 0 aromatic carbocycles. The molecule has 0 fully saturated rings. The van der Waals surface area contributed by atoms with E-state index >= 15 is 0 Å². The Morgan fingerprint density at radius 2 is 1.86 bits per heavy atom. The number of carboxylic acid groups (broad SMARTS) is 1. The van der Waals surface area contributed by atoms with Gasteiger partial charge in [-0.15, -0.1) is 0 Å². The average molecular weight is 201 g/mol. The van der Waals surface area contributed by atoms with Gasteiger partial charge in [-0.3, -0.25) is 4.79 Å². The van der Waals surface area contributed by atoms with Crippen LogP contribution in [0, 0.1) is 5.41 Å². The smallest absolute Gasteiger partial charge is 0.320 e. The summed E-state index contributed by atoms with van der Waals surface area (Å²) in [6.07, 6.45) is 2.12. The lowest BCUT2D eigenvalue weighted by atomic mass is 9.89. The predicted molar refractivity (Wildman–Crippen MR) is 58.4 cm³/mol. The van der Waals surface area contributed by atoms with Crippen LogP contribution in [-0.4, -0.2) is 23.2 Å². The number of nitrogens with one attached hydrogen (secondary N) is 1. The predicted octanol–water partition coefficient (Wildman–Crippen LogP) is 2.26. The minimum absolute atomic E-state index is 0.264. The zero-order valence-corrected chi connectivity index (χ0v) is 9.92. The number of aliphatic carboxylic acids is 1. The van der Waals surface area contributed by atoms with Crippen molar-refractivity contribution < 1.29 is 9.90 Å². The summed E-state index contributed by atoms with van der Waals surface area (Å²) in [5.41, 5.74) is 0.322. The van der Waals surface area contributed by atoms with E-state index in [0.717, 1.165) is 12.8 Å². The highest BCUT2D eigenvalue weighted by atomic mass is 16.4. The SMILES string of the molecule is CC(CCC(C)(C)C)N[C@H](C)C(=O)O. The molecule has 0 aliphatic rings. The van der Waals surface area contributed by atoms with Gasteiger partial charge in [0.25, 0.3) is 0 Å². The van der Waals surface area contributed by atoms with E-state index in [1.807, 2.05) is 6.92 Å². The van der Waals surface area contributed by atoms with Gasteiger partial charge in [-0.05, 0) is 32.1 Å². The van der Waals surface area contributed by atoms with Crippen LogP contribution in [0.1, 0.15) is 47.5 Å². The summed E-state index contributed by atoms with van der Waals surface area (Å²) in [4.78, 5) is 10.6. The Hall–Kier alpha value is -0.570. The summed E-state index contributed by atoms with van der Waals surface area (Å²) in [5.74, 6) is -0.785. The maximum absolute atomic E-state index is 10.6. The molecule has 3 nitrogen and oxygen atoms in total. The second-order valence-electron chi connectivity index (χ2n) is 5.23. The Kier molecular flexibility index (Phi) is 5.13. The maximum atomic E-state index is 10.6. The van der Waals surface area contributed by atoms with Crippen LogP contribution < -0.4 is 5.32 Å². The van der Waals surface area contributed by atoms with Gasteiger partial charge in [0.2, 0.25) is 0 Å². The summed E-state index contributed by atoms with van der Waals surface area (Å²) in [7, 11) is 0. The number of carbonyl (C=O) groups is 1. The zero-order valence-electron chi connectivity index (χ0n) is 9.92. The minimum Gasteiger partial charge on any atom is -0.480 e. The van der Waals surface area contributed by atoms with E-state index in [0.29, 0.717) is 5.41 Å². The molecule has 0 saturated heterocycles. The van der Waals surface area contributed by atoms with Crippen molar-refractivity contribution in [3.05, 3.63) is 0 Å². The van der Waals surface area contributed by atoms with Crippen molar-refractivity contribution in [2.24, 2.45) is 5.41 Å². The van der Waals surface area contributed by atoms with Gasteiger partial charge in [0.05, 0.1) is 0 Å². The molecule has 2 N–H and O–H groups in total. The Labute approximate surface area is 86.9 Å². The van der Waals surface area contributed by atoms with Crippen LogP contribution in [0.25, 0.3) is 0 Å². The van der Waals surface area contributed by atoms with E-state index in [4.69, 9.17) is 5.11 Å². The zero-order chi connectivity index (χ0) is 11.4. The first-order valence-corrected chi connectivity index (χ1v) is 5.21. The Balaban J connectivity index is 3.76. The molecular formula is C11H23NO2. The molecule has 2 atom stereocenters. The maximum Gasteiger partial charge on any atom is 0.320 e. The first kappa shape index (κ1) is 13.4. The van der Waals surface area contributed by atoms with Crippen molar-refractivity contribution in [1.82, 2.24) is 5.32 Å². The summed E-state index contributed by atoms with van der Waals surface area (Å²) in [6.45, 7) is 10.3. The molecule has 0 aliphatic carbocycles. The minimum atomic E-state index is -0.785. The number of carboxylic acids is 1. The monoisotopic (exact) mass is 201 g/mol. The Morgan fingerprint density at radius 1 is 1.36 bits per heavy atom. The van der Waals surface area contributed by atoms with Crippen molar-refractivity contribution in [2.45, 2.75) is 59.5 Å². The van der Waals surface area contributed by atoms with E-state index in [9.17, 15) is 4.79 Å². The molecule has 84 valence electrons. The summed E-state index contributed by atoms with van der Waals surface area (Å²) in [5, 5.41) is 11.7. The fourth-order valence-corrected chi connectivity index (χ4v) is 1.23. The van der Waals surface area contributed by atoms with Crippen LogP contribution >= 0.6 is 0 Å². The molecule has 0 rings (SSSR count). The molecule has 0 heterocycles. The van der Waals surface area contributed by atoms with Gasteiger partial charge in [0.1, 0.15) is 6.04 Å². The third-order valence-electron chi connectivity index (χ3n) is 2.23. The van der Waals surface area contributed by atoms with E-state index in [2.05, 4.69) is 26.1 Å². The van der Waals surface area contributed by atoms with Crippen LogP contribution in [-0.2, 0) is 4.79 Å². The molecule has 0 bridgehead atoms. The quantitative estimate of drug-likeness (QED) is 0.717. The molecule has 0 aliphatic heterocycles. The summed E-state index contributed by atoms with van der Waals surface area (Å²) < 4.78 is 0. The molecule has 0 spiro atoms. The number of rotatable bonds is 5. The van der Waals surface area contributed by atoms with Gasteiger partial charge in [-0.2, -0.15) is 0 Å². The lowest BCUT2D eigenvalue weighted by molar-refractivity contribution is -0.139. The second kappa shape index (κ2) is 5.35. The first-order valence-electron chi connectivity index (χ1n) is 5.21. The van der Waals surface area contributed by atoms with Gasteiger partial charge in [-0.1, -0.05) is 20.8 Å². The Bertz CT molecular complexity index is 184. The van der Waals surface area contributed by atoms with Gasteiger partial charge >= 0.3 is 5.97 Å².